The summed E-state index contributed by atoms with van der Waals surface area (Å²) in [5.41, 5.74) is 9.80. The lowest BCUT2D eigenvalue weighted by atomic mass is 10.2. The van der Waals surface area contributed by atoms with Crippen LogP contribution in [-0.2, 0) is 0 Å². The number of nitrogens with zero attached hydrogens (tertiary/aromatic N) is 1. The SMILES string of the molecule is NC(=S)N/N=C/c1c[nH]c2ccc(Br)cc12. The standard InChI is InChI=1S/C10H9BrN4S/c11-7-1-2-9-8(3-7)6(4-13-9)5-14-15-10(12)16/h1-5,13H,(H3,12,15,16)/b14-5+. The van der Waals surface area contributed by atoms with Gasteiger partial charge in [0, 0.05) is 27.1 Å². The number of rotatable bonds is 2. The summed E-state index contributed by atoms with van der Waals surface area (Å²) in [6.45, 7) is 0. The lowest BCUT2D eigenvalue weighted by molar-refractivity contribution is 1.04. The molecule has 0 radical (unpaired) electrons. The number of fused-ring (bicyclic) bond motifs is 1. The number of hydrazone groups is 1. The van der Waals surface area contributed by atoms with E-state index in [2.05, 4.69) is 43.7 Å². The summed E-state index contributed by atoms with van der Waals surface area (Å²) in [4.78, 5) is 3.15. The molecule has 0 saturated heterocycles. The minimum absolute atomic E-state index is 0.150. The predicted molar refractivity (Wildman–Crippen MR) is 73.5 cm³/mol. The van der Waals surface area contributed by atoms with Gasteiger partial charge in [0.25, 0.3) is 0 Å². The summed E-state index contributed by atoms with van der Waals surface area (Å²) in [7, 11) is 0. The molecule has 0 amide bonds. The Labute approximate surface area is 106 Å². The van der Waals surface area contributed by atoms with E-state index in [-0.39, 0.29) is 5.11 Å². The molecule has 2 aromatic rings. The molecule has 6 heteroatoms. The number of nitrogens with one attached hydrogen (secondary N) is 2. The number of H-pyrrole nitrogens is 1. The Balaban J connectivity index is 2.34. The molecule has 0 unspecified atom stereocenters. The molecular formula is C10H9BrN4S. The predicted octanol–water partition coefficient (Wildman–Crippen LogP) is 2.10. The molecule has 2 rings (SSSR count). The van der Waals surface area contributed by atoms with E-state index in [0.29, 0.717) is 0 Å². The molecule has 1 aromatic heterocycles. The van der Waals surface area contributed by atoms with Gasteiger partial charge in [0.15, 0.2) is 5.11 Å². The second-order valence-corrected chi connectivity index (χ2v) is 4.52. The van der Waals surface area contributed by atoms with E-state index >= 15 is 0 Å². The summed E-state index contributed by atoms with van der Waals surface area (Å²) in [6.07, 6.45) is 3.55. The molecule has 0 atom stereocenters. The number of hydrogen-bond acceptors (Lipinski definition) is 2. The number of thiocarbonyl (C=S) groups is 1. The Kier molecular flexibility index (Phi) is 3.21. The van der Waals surface area contributed by atoms with Crippen LogP contribution in [0.4, 0.5) is 0 Å². The number of nitrogens with two attached hydrogens (primary N) is 1. The fourth-order valence-corrected chi connectivity index (χ4v) is 1.80. The highest BCUT2D eigenvalue weighted by molar-refractivity contribution is 9.10. The molecule has 1 heterocycles. The average Bonchev–Trinajstić information content (AvgIpc) is 2.60. The molecule has 0 spiro atoms. The van der Waals surface area contributed by atoms with Crippen molar-refractivity contribution in [3.63, 3.8) is 0 Å². The van der Waals surface area contributed by atoms with Crippen LogP contribution < -0.4 is 11.2 Å². The maximum atomic E-state index is 5.26. The minimum atomic E-state index is 0.150. The van der Waals surface area contributed by atoms with Gasteiger partial charge in [-0.05, 0) is 30.4 Å². The first kappa shape index (κ1) is 11.1. The van der Waals surface area contributed by atoms with Crippen LogP contribution in [0.2, 0.25) is 0 Å². The highest BCUT2D eigenvalue weighted by atomic mass is 79.9. The fraction of sp³-hybridized carbons (Fsp3) is 0. The Bertz CT molecular complexity index is 561. The lowest BCUT2D eigenvalue weighted by Gasteiger charge is -1.94. The van der Waals surface area contributed by atoms with Crippen molar-refractivity contribution in [2.45, 2.75) is 0 Å². The van der Waals surface area contributed by atoms with E-state index < -0.39 is 0 Å². The molecule has 82 valence electrons. The van der Waals surface area contributed by atoms with Crippen LogP contribution in [0.1, 0.15) is 5.56 Å². The molecule has 4 N–H and O–H groups in total. The van der Waals surface area contributed by atoms with Crippen LogP contribution in [-0.4, -0.2) is 16.3 Å². The zero-order valence-corrected chi connectivity index (χ0v) is 10.6. The molecule has 0 aliphatic carbocycles. The largest absolute Gasteiger partial charge is 0.375 e. The number of halogens is 1. The molecule has 0 saturated carbocycles. The van der Waals surface area contributed by atoms with Gasteiger partial charge < -0.3 is 10.7 Å². The maximum absolute atomic E-state index is 5.26. The highest BCUT2D eigenvalue weighted by Gasteiger charge is 2.01. The second kappa shape index (κ2) is 4.63. The van der Waals surface area contributed by atoms with Crippen LogP contribution in [0.3, 0.4) is 0 Å². The van der Waals surface area contributed by atoms with Crippen LogP contribution in [0.25, 0.3) is 10.9 Å². The van der Waals surface area contributed by atoms with E-state index in [0.717, 1.165) is 20.9 Å². The van der Waals surface area contributed by atoms with Gasteiger partial charge in [-0.2, -0.15) is 5.10 Å². The minimum Gasteiger partial charge on any atom is -0.375 e. The first-order chi connectivity index (χ1) is 7.66. The highest BCUT2D eigenvalue weighted by Crippen LogP contribution is 2.21. The van der Waals surface area contributed by atoms with Gasteiger partial charge in [0.05, 0.1) is 6.21 Å². The van der Waals surface area contributed by atoms with Gasteiger partial charge >= 0.3 is 0 Å². The first-order valence-electron chi connectivity index (χ1n) is 4.52. The molecule has 0 bridgehead atoms. The molecule has 16 heavy (non-hydrogen) atoms. The molecule has 0 aliphatic rings. The quantitative estimate of drug-likeness (QED) is 0.452. The van der Waals surface area contributed by atoms with E-state index in [9.17, 15) is 0 Å². The first-order valence-corrected chi connectivity index (χ1v) is 5.72. The fourth-order valence-electron chi connectivity index (χ4n) is 1.39. The number of aromatic nitrogens is 1. The van der Waals surface area contributed by atoms with E-state index in [1.54, 1.807) is 6.21 Å². The number of aromatic amines is 1. The Hall–Kier alpha value is -1.40. The Morgan fingerprint density at radius 2 is 2.38 bits per heavy atom. The smallest absolute Gasteiger partial charge is 0.184 e. The van der Waals surface area contributed by atoms with E-state index in [1.165, 1.54) is 0 Å². The lowest BCUT2D eigenvalue weighted by Crippen LogP contribution is -2.23. The van der Waals surface area contributed by atoms with Crippen LogP contribution >= 0.6 is 28.1 Å². The van der Waals surface area contributed by atoms with Crippen molar-refractivity contribution < 1.29 is 0 Å². The van der Waals surface area contributed by atoms with E-state index in [1.807, 2.05) is 24.4 Å². The van der Waals surface area contributed by atoms with Crippen molar-refractivity contribution in [1.82, 2.24) is 10.4 Å². The summed E-state index contributed by atoms with van der Waals surface area (Å²) in [6, 6.07) is 6.00. The number of hydrogen-bond donors (Lipinski definition) is 3. The monoisotopic (exact) mass is 296 g/mol. The van der Waals surface area contributed by atoms with Gasteiger partial charge in [-0.1, -0.05) is 15.9 Å². The summed E-state index contributed by atoms with van der Waals surface area (Å²) < 4.78 is 1.02. The molecule has 0 fully saturated rings. The molecule has 4 nitrogen and oxygen atoms in total. The Morgan fingerprint density at radius 3 is 3.12 bits per heavy atom. The average molecular weight is 297 g/mol. The third-order valence-corrected chi connectivity index (χ3v) is 2.64. The zero-order valence-electron chi connectivity index (χ0n) is 8.20. The summed E-state index contributed by atoms with van der Waals surface area (Å²) in [5, 5.41) is 5.15. The number of benzene rings is 1. The third kappa shape index (κ3) is 2.40. The van der Waals surface area contributed by atoms with Crippen molar-refractivity contribution in [2.24, 2.45) is 10.8 Å². The molecular weight excluding hydrogens is 288 g/mol. The molecule has 0 aliphatic heterocycles. The van der Waals surface area contributed by atoms with Crippen LogP contribution in [0.15, 0.2) is 34.0 Å². The van der Waals surface area contributed by atoms with Gasteiger partial charge in [-0.3, -0.25) is 5.43 Å². The summed E-state index contributed by atoms with van der Waals surface area (Å²) >= 11 is 8.07. The van der Waals surface area contributed by atoms with E-state index in [4.69, 9.17) is 5.73 Å². The van der Waals surface area contributed by atoms with Crippen molar-refractivity contribution in [3.05, 3.63) is 34.4 Å². The van der Waals surface area contributed by atoms with Crippen molar-refractivity contribution >= 4 is 50.4 Å². The van der Waals surface area contributed by atoms with Gasteiger partial charge in [-0.25, -0.2) is 0 Å². The normalized spacial score (nSPS) is 11.1. The third-order valence-electron chi connectivity index (χ3n) is 2.05. The van der Waals surface area contributed by atoms with Crippen molar-refractivity contribution in [1.29, 1.82) is 0 Å². The zero-order chi connectivity index (χ0) is 11.5. The van der Waals surface area contributed by atoms with Gasteiger partial charge in [0.2, 0.25) is 0 Å². The van der Waals surface area contributed by atoms with Crippen molar-refractivity contribution in [2.75, 3.05) is 0 Å². The summed E-state index contributed by atoms with van der Waals surface area (Å²) in [5.74, 6) is 0. The molecule has 1 aromatic carbocycles. The Morgan fingerprint density at radius 1 is 1.56 bits per heavy atom. The topological polar surface area (TPSA) is 66.2 Å². The van der Waals surface area contributed by atoms with Gasteiger partial charge in [0.1, 0.15) is 0 Å². The van der Waals surface area contributed by atoms with Crippen LogP contribution in [0.5, 0.6) is 0 Å². The van der Waals surface area contributed by atoms with Gasteiger partial charge in [-0.15, -0.1) is 0 Å². The van der Waals surface area contributed by atoms with Crippen molar-refractivity contribution in [3.8, 4) is 0 Å². The maximum Gasteiger partial charge on any atom is 0.184 e. The second-order valence-electron chi connectivity index (χ2n) is 3.17. The van der Waals surface area contributed by atoms with Crippen LogP contribution in [0, 0.1) is 0 Å².